The Morgan fingerprint density at radius 3 is 2.35 bits per heavy atom. The standard InChI is InChI=1S/C20H22FN5O.C2H6.C2H2/c1-11-6-13(7-12(2)24-11)14-8-18-19(25-17-5-3-4-16(17)21)15(20(22)27)9-23-26(18)10-14;2*1-2/h6-10,16-17,25H,3-5H2,1-2H3,(H2,22,27);1-2H3;1-2H/t16-,17+;;/m0../s1. The summed E-state index contributed by atoms with van der Waals surface area (Å²) in [5.41, 5.74) is 10.9. The second kappa shape index (κ2) is 10.6. The minimum atomic E-state index is -0.932. The molecule has 1 fully saturated rings. The number of carbonyl (C=O) groups is 1. The van der Waals surface area contributed by atoms with Gasteiger partial charge in [0.25, 0.3) is 5.91 Å². The van der Waals surface area contributed by atoms with Crippen LogP contribution in [0.25, 0.3) is 16.6 Å². The molecule has 31 heavy (non-hydrogen) atoms. The molecular weight excluding hydrogens is 393 g/mol. The smallest absolute Gasteiger partial charge is 0.252 e. The number of aromatic nitrogens is 3. The Kier molecular flexibility index (Phi) is 8.14. The molecular formula is C24H30FN5O. The highest BCUT2D eigenvalue weighted by Crippen LogP contribution is 2.32. The van der Waals surface area contributed by atoms with Crippen LogP contribution in [0.15, 0.2) is 30.6 Å². The molecule has 0 saturated heterocycles. The van der Waals surface area contributed by atoms with Crippen molar-refractivity contribution < 1.29 is 9.18 Å². The van der Waals surface area contributed by atoms with Gasteiger partial charge in [-0.15, -0.1) is 12.8 Å². The lowest BCUT2D eigenvalue weighted by atomic mass is 10.1. The lowest BCUT2D eigenvalue weighted by Crippen LogP contribution is -2.27. The Hall–Kier alpha value is -3.40. The van der Waals surface area contributed by atoms with Crippen molar-refractivity contribution in [2.24, 2.45) is 5.73 Å². The summed E-state index contributed by atoms with van der Waals surface area (Å²) < 4.78 is 15.8. The molecule has 1 aliphatic carbocycles. The van der Waals surface area contributed by atoms with Crippen molar-refractivity contribution in [1.82, 2.24) is 14.6 Å². The highest BCUT2D eigenvalue weighted by atomic mass is 19.1. The summed E-state index contributed by atoms with van der Waals surface area (Å²) in [7, 11) is 0. The van der Waals surface area contributed by atoms with Crippen LogP contribution in [0.2, 0.25) is 0 Å². The van der Waals surface area contributed by atoms with Crippen molar-refractivity contribution in [3.8, 4) is 24.0 Å². The number of nitrogens with zero attached hydrogens (tertiary/aromatic N) is 3. The van der Waals surface area contributed by atoms with Crippen LogP contribution >= 0.6 is 0 Å². The van der Waals surface area contributed by atoms with E-state index in [2.05, 4.69) is 28.2 Å². The fourth-order valence-electron chi connectivity index (χ4n) is 3.82. The number of hydrogen-bond acceptors (Lipinski definition) is 4. The summed E-state index contributed by atoms with van der Waals surface area (Å²) in [5, 5.41) is 7.54. The molecule has 2 atom stereocenters. The van der Waals surface area contributed by atoms with E-state index in [9.17, 15) is 9.18 Å². The molecule has 0 unspecified atom stereocenters. The first-order valence-corrected chi connectivity index (χ1v) is 10.4. The number of anilines is 1. The number of primary amides is 1. The van der Waals surface area contributed by atoms with Gasteiger partial charge in [-0.3, -0.25) is 9.78 Å². The van der Waals surface area contributed by atoms with Gasteiger partial charge in [0.15, 0.2) is 0 Å². The highest BCUT2D eigenvalue weighted by Gasteiger charge is 2.29. The zero-order valence-electron chi connectivity index (χ0n) is 18.5. The van der Waals surface area contributed by atoms with Gasteiger partial charge in [-0.1, -0.05) is 13.8 Å². The molecule has 0 aromatic carbocycles. The summed E-state index contributed by atoms with van der Waals surface area (Å²) in [6.45, 7) is 7.90. The zero-order chi connectivity index (χ0) is 23.1. The van der Waals surface area contributed by atoms with Gasteiger partial charge in [0.2, 0.25) is 0 Å². The van der Waals surface area contributed by atoms with Crippen LogP contribution in [0, 0.1) is 26.7 Å². The fourth-order valence-corrected chi connectivity index (χ4v) is 3.82. The van der Waals surface area contributed by atoms with Gasteiger partial charge in [-0.25, -0.2) is 8.91 Å². The van der Waals surface area contributed by atoms with Crippen LogP contribution in [0.1, 0.15) is 54.9 Å². The minimum Gasteiger partial charge on any atom is -0.377 e. The molecule has 164 valence electrons. The number of hydrogen-bond donors (Lipinski definition) is 2. The van der Waals surface area contributed by atoms with Gasteiger partial charge in [-0.2, -0.15) is 5.10 Å². The van der Waals surface area contributed by atoms with Crippen LogP contribution in [0.4, 0.5) is 10.1 Å². The van der Waals surface area contributed by atoms with Crippen molar-refractivity contribution in [1.29, 1.82) is 0 Å². The maximum atomic E-state index is 14.2. The topological polar surface area (TPSA) is 85.3 Å². The molecule has 3 heterocycles. The average Bonchev–Trinajstić information content (AvgIpc) is 3.37. The molecule has 1 aliphatic rings. The Morgan fingerprint density at radius 2 is 1.81 bits per heavy atom. The SMILES string of the molecule is C#C.CC.Cc1cc(-c2cc3c(N[C@@H]4CCC[C@@H]4F)c(C(N)=O)cnn3c2)cc(C)n1. The van der Waals surface area contributed by atoms with Crippen molar-refractivity contribution in [2.45, 2.75) is 59.2 Å². The van der Waals surface area contributed by atoms with Crippen molar-refractivity contribution in [3.63, 3.8) is 0 Å². The van der Waals surface area contributed by atoms with Crippen LogP contribution < -0.4 is 11.1 Å². The van der Waals surface area contributed by atoms with E-state index in [1.807, 2.05) is 52.1 Å². The number of nitrogens with one attached hydrogen (secondary N) is 1. The summed E-state index contributed by atoms with van der Waals surface area (Å²) >= 11 is 0. The number of pyridine rings is 1. The van der Waals surface area contributed by atoms with Crippen molar-refractivity contribution in [2.75, 3.05) is 5.32 Å². The molecule has 0 bridgehead atoms. The Labute approximate surface area is 183 Å². The molecule has 0 radical (unpaired) electrons. The molecule has 6 nitrogen and oxygen atoms in total. The quantitative estimate of drug-likeness (QED) is 0.596. The van der Waals surface area contributed by atoms with E-state index in [4.69, 9.17) is 5.73 Å². The number of carbonyl (C=O) groups excluding carboxylic acids is 1. The third-order valence-corrected chi connectivity index (χ3v) is 5.08. The van der Waals surface area contributed by atoms with Crippen LogP contribution in [0.5, 0.6) is 0 Å². The number of halogens is 1. The van der Waals surface area contributed by atoms with E-state index in [-0.39, 0.29) is 11.6 Å². The molecule has 0 aliphatic heterocycles. The Morgan fingerprint density at radius 1 is 1.16 bits per heavy atom. The van der Waals surface area contributed by atoms with Crippen LogP contribution in [-0.4, -0.2) is 32.7 Å². The fraction of sp³-hybridized carbons (Fsp3) is 0.375. The lowest BCUT2D eigenvalue weighted by molar-refractivity contribution is 0.100. The first-order valence-electron chi connectivity index (χ1n) is 10.4. The largest absolute Gasteiger partial charge is 0.377 e. The van der Waals surface area contributed by atoms with Gasteiger partial charge < -0.3 is 11.1 Å². The summed E-state index contributed by atoms with van der Waals surface area (Å²) in [5.74, 6) is -0.584. The maximum Gasteiger partial charge on any atom is 0.252 e. The van der Waals surface area contributed by atoms with Gasteiger partial charge in [0.05, 0.1) is 29.0 Å². The third-order valence-electron chi connectivity index (χ3n) is 5.08. The predicted molar refractivity (Wildman–Crippen MR) is 124 cm³/mol. The minimum absolute atomic E-state index is 0.272. The van der Waals surface area contributed by atoms with E-state index in [0.29, 0.717) is 17.6 Å². The first-order chi connectivity index (χ1) is 14.9. The molecule has 1 amide bonds. The average molecular weight is 424 g/mol. The number of nitrogens with two attached hydrogens (primary N) is 1. The molecule has 3 aromatic rings. The number of aryl methyl sites for hydroxylation is 2. The molecule has 0 spiro atoms. The third kappa shape index (κ3) is 5.21. The van der Waals surface area contributed by atoms with E-state index < -0.39 is 12.1 Å². The second-order valence-corrected chi connectivity index (χ2v) is 7.19. The van der Waals surface area contributed by atoms with E-state index in [0.717, 1.165) is 35.4 Å². The number of fused-ring (bicyclic) bond motifs is 1. The molecule has 3 aromatic heterocycles. The second-order valence-electron chi connectivity index (χ2n) is 7.19. The zero-order valence-corrected chi connectivity index (χ0v) is 18.5. The molecule has 7 heteroatoms. The normalized spacial score (nSPS) is 17.3. The first kappa shape index (κ1) is 23.9. The maximum absolute atomic E-state index is 14.2. The predicted octanol–water partition coefficient (Wildman–Crippen LogP) is 4.69. The number of rotatable bonds is 4. The highest BCUT2D eigenvalue weighted by molar-refractivity contribution is 6.02. The van der Waals surface area contributed by atoms with Gasteiger partial charge >= 0.3 is 0 Å². The van der Waals surface area contributed by atoms with Crippen molar-refractivity contribution in [3.05, 3.63) is 47.5 Å². The number of alkyl halides is 1. The Bertz CT molecular complexity index is 1050. The molecule has 3 N–H and O–H groups in total. The summed E-state index contributed by atoms with van der Waals surface area (Å²) in [4.78, 5) is 16.3. The Balaban J connectivity index is 0.000000807. The van der Waals surface area contributed by atoms with Crippen LogP contribution in [-0.2, 0) is 0 Å². The van der Waals surface area contributed by atoms with E-state index in [1.165, 1.54) is 6.20 Å². The summed E-state index contributed by atoms with van der Waals surface area (Å²) in [6, 6.07) is 5.62. The number of amides is 1. The van der Waals surface area contributed by atoms with E-state index >= 15 is 0 Å². The molecule has 1 saturated carbocycles. The van der Waals surface area contributed by atoms with E-state index in [1.54, 1.807) is 4.52 Å². The lowest BCUT2D eigenvalue weighted by Gasteiger charge is -2.19. The van der Waals surface area contributed by atoms with Crippen molar-refractivity contribution >= 4 is 17.1 Å². The van der Waals surface area contributed by atoms with Crippen LogP contribution in [0.3, 0.4) is 0 Å². The monoisotopic (exact) mass is 423 g/mol. The molecule has 4 rings (SSSR count). The number of terminal acetylenes is 1. The summed E-state index contributed by atoms with van der Waals surface area (Å²) in [6.07, 6.45) is 12.5. The van der Waals surface area contributed by atoms with Gasteiger partial charge in [-0.05, 0) is 56.9 Å². The van der Waals surface area contributed by atoms with Gasteiger partial charge in [0, 0.05) is 23.1 Å². The van der Waals surface area contributed by atoms with Gasteiger partial charge in [0.1, 0.15) is 6.17 Å².